The van der Waals surface area contributed by atoms with Gasteiger partial charge in [0.2, 0.25) is 0 Å². The molecule has 178 valence electrons. The molecule has 1 N–H and O–H groups in total. The molecule has 2 aromatic carbocycles. The average molecular weight is 487 g/mol. The van der Waals surface area contributed by atoms with Crippen LogP contribution in [0.3, 0.4) is 0 Å². The lowest BCUT2D eigenvalue weighted by molar-refractivity contribution is 0.303. The summed E-state index contributed by atoms with van der Waals surface area (Å²) in [5.41, 5.74) is 5.35. The van der Waals surface area contributed by atoms with Gasteiger partial charge in [-0.3, -0.25) is 5.10 Å². The topological polar surface area (TPSA) is 89.4 Å². The highest BCUT2D eigenvalue weighted by molar-refractivity contribution is 7.90. The molecule has 3 heterocycles. The SMILES string of the molecule is CS(=O)(=O)c1ccc(C2CCC(c3cc(OCc4ccccc4)cn4nc5[nH]ncc5c34)C2)cc1. The maximum absolute atomic E-state index is 11.8. The molecule has 7 nitrogen and oxygen atoms in total. The van der Waals surface area contributed by atoms with Crippen molar-refractivity contribution in [1.29, 1.82) is 0 Å². The van der Waals surface area contributed by atoms with Crippen molar-refractivity contribution in [1.82, 2.24) is 19.8 Å². The maximum atomic E-state index is 11.8. The predicted molar refractivity (Wildman–Crippen MR) is 135 cm³/mol. The second kappa shape index (κ2) is 8.53. The molecule has 0 spiro atoms. The van der Waals surface area contributed by atoms with Crippen LogP contribution in [-0.2, 0) is 16.4 Å². The van der Waals surface area contributed by atoms with Crippen molar-refractivity contribution in [3.63, 3.8) is 0 Å². The van der Waals surface area contributed by atoms with Crippen LogP contribution in [0.5, 0.6) is 5.75 Å². The molecule has 1 fully saturated rings. The average Bonchev–Trinajstić information content (AvgIpc) is 3.59. The van der Waals surface area contributed by atoms with E-state index in [9.17, 15) is 8.42 Å². The Bertz CT molecular complexity index is 1610. The Hall–Kier alpha value is -3.65. The standard InChI is InChI=1S/C27H26N4O3S/c1-35(32,33)23-11-9-19(10-12-23)20-7-8-21(13-20)24-14-22(34-17-18-5-3-2-4-6-18)16-31-26(24)25-15-28-29-27(25)30-31/h2-6,9-12,14-16,20-21H,7-8,13,17H2,1H3,(H,29,30). The first-order valence-corrected chi connectivity index (χ1v) is 13.7. The number of aromatic amines is 1. The van der Waals surface area contributed by atoms with Gasteiger partial charge >= 0.3 is 0 Å². The monoisotopic (exact) mass is 486 g/mol. The summed E-state index contributed by atoms with van der Waals surface area (Å²) in [7, 11) is -3.19. The summed E-state index contributed by atoms with van der Waals surface area (Å²) in [5.74, 6) is 1.51. The number of H-pyrrole nitrogens is 1. The smallest absolute Gasteiger partial charge is 0.178 e. The summed E-state index contributed by atoms with van der Waals surface area (Å²) in [6.45, 7) is 0.493. The normalized spacial score (nSPS) is 18.4. The van der Waals surface area contributed by atoms with Crippen molar-refractivity contribution < 1.29 is 13.2 Å². The Morgan fingerprint density at radius 1 is 1.06 bits per heavy atom. The van der Waals surface area contributed by atoms with Crippen molar-refractivity contribution in [3.05, 3.63) is 89.7 Å². The number of sulfone groups is 1. The van der Waals surface area contributed by atoms with E-state index in [4.69, 9.17) is 9.84 Å². The lowest BCUT2D eigenvalue weighted by Gasteiger charge is -2.16. The van der Waals surface area contributed by atoms with Crippen LogP contribution in [0, 0.1) is 0 Å². The third-order valence-electron chi connectivity index (χ3n) is 7.03. The third kappa shape index (κ3) is 4.18. The van der Waals surface area contributed by atoms with E-state index in [0.717, 1.165) is 47.1 Å². The highest BCUT2D eigenvalue weighted by Crippen LogP contribution is 2.46. The number of benzene rings is 2. The molecule has 6 rings (SSSR count). The van der Waals surface area contributed by atoms with E-state index >= 15 is 0 Å². The highest BCUT2D eigenvalue weighted by atomic mass is 32.2. The van der Waals surface area contributed by atoms with Gasteiger partial charge in [-0.05, 0) is 66.0 Å². The van der Waals surface area contributed by atoms with E-state index in [0.29, 0.717) is 23.3 Å². The van der Waals surface area contributed by atoms with E-state index in [1.807, 2.05) is 47.2 Å². The number of fused-ring (bicyclic) bond motifs is 3. The Labute approximate surface area is 203 Å². The van der Waals surface area contributed by atoms with Crippen molar-refractivity contribution in [2.45, 2.75) is 42.6 Å². The fraction of sp³-hybridized carbons (Fsp3) is 0.259. The number of aromatic nitrogens is 4. The van der Waals surface area contributed by atoms with Crippen LogP contribution in [-0.4, -0.2) is 34.5 Å². The zero-order valence-corrected chi connectivity index (χ0v) is 20.2. The first kappa shape index (κ1) is 21.9. The Kier molecular flexibility index (Phi) is 5.33. The zero-order valence-electron chi connectivity index (χ0n) is 19.4. The molecule has 8 heteroatoms. The summed E-state index contributed by atoms with van der Waals surface area (Å²) >= 11 is 0. The minimum absolute atomic E-state index is 0.340. The van der Waals surface area contributed by atoms with Crippen LogP contribution in [0.1, 0.15) is 47.8 Å². The molecule has 0 amide bonds. The zero-order chi connectivity index (χ0) is 24.0. The molecule has 3 aromatic heterocycles. The quantitative estimate of drug-likeness (QED) is 0.354. The molecule has 1 aliphatic carbocycles. The Balaban J connectivity index is 1.32. The molecule has 2 unspecified atom stereocenters. The molecule has 0 radical (unpaired) electrons. The van der Waals surface area contributed by atoms with Gasteiger partial charge in [-0.2, -0.15) is 5.10 Å². The number of hydrogen-bond acceptors (Lipinski definition) is 5. The number of nitrogens with zero attached hydrogens (tertiary/aromatic N) is 3. The van der Waals surface area contributed by atoms with E-state index < -0.39 is 9.84 Å². The Morgan fingerprint density at radius 3 is 2.60 bits per heavy atom. The van der Waals surface area contributed by atoms with Crippen molar-refractivity contribution >= 4 is 26.4 Å². The van der Waals surface area contributed by atoms with Crippen molar-refractivity contribution in [3.8, 4) is 5.75 Å². The largest absolute Gasteiger partial charge is 0.487 e. The number of pyridine rings is 1. The molecule has 0 saturated heterocycles. The van der Waals surface area contributed by atoms with Crippen molar-refractivity contribution in [2.24, 2.45) is 0 Å². The van der Waals surface area contributed by atoms with Gasteiger partial charge in [-0.1, -0.05) is 42.5 Å². The van der Waals surface area contributed by atoms with Crippen LogP contribution in [0.25, 0.3) is 16.6 Å². The number of nitrogens with one attached hydrogen (secondary N) is 1. The van der Waals surface area contributed by atoms with E-state index in [2.05, 4.69) is 28.4 Å². The number of ether oxygens (including phenoxy) is 1. The number of hydrogen-bond donors (Lipinski definition) is 1. The second-order valence-corrected chi connectivity index (χ2v) is 11.4. The van der Waals surface area contributed by atoms with Gasteiger partial charge < -0.3 is 4.74 Å². The van der Waals surface area contributed by atoms with Gasteiger partial charge in [-0.15, -0.1) is 5.10 Å². The van der Waals surface area contributed by atoms with Crippen LogP contribution >= 0.6 is 0 Å². The molecular weight excluding hydrogens is 460 g/mol. The molecule has 35 heavy (non-hydrogen) atoms. The van der Waals surface area contributed by atoms with Gasteiger partial charge in [0.15, 0.2) is 15.5 Å². The van der Waals surface area contributed by atoms with Gasteiger partial charge in [0.05, 0.1) is 28.2 Å². The molecule has 1 aliphatic rings. The summed E-state index contributed by atoms with van der Waals surface area (Å²) < 4.78 is 31.8. The Morgan fingerprint density at radius 2 is 1.83 bits per heavy atom. The second-order valence-electron chi connectivity index (χ2n) is 9.38. The summed E-state index contributed by atoms with van der Waals surface area (Å²) in [4.78, 5) is 0.363. The fourth-order valence-electron chi connectivity index (χ4n) is 5.26. The maximum Gasteiger partial charge on any atom is 0.178 e. The molecule has 0 aliphatic heterocycles. The summed E-state index contributed by atoms with van der Waals surface area (Å²) in [6, 6.07) is 19.7. The van der Waals surface area contributed by atoms with Crippen LogP contribution in [0.2, 0.25) is 0 Å². The summed E-state index contributed by atoms with van der Waals surface area (Å²) in [6.07, 6.45) is 8.09. The van der Waals surface area contributed by atoms with Crippen LogP contribution < -0.4 is 4.74 Å². The van der Waals surface area contributed by atoms with E-state index in [-0.39, 0.29) is 0 Å². The van der Waals surface area contributed by atoms with Gasteiger partial charge in [0, 0.05) is 6.26 Å². The molecule has 2 atom stereocenters. The molecular formula is C27H26N4O3S. The van der Waals surface area contributed by atoms with Gasteiger partial charge in [0.25, 0.3) is 0 Å². The van der Waals surface area contributed by atoms with Crippen molar-refractivity contribution in [2.75, 3.05) is 6.26 Å². The summed E-state index contributed by atoms with van der Waals surface area (Å²) in [5, 5.41) is 12.9. The van der Waals surface area contributed by atoms with Crippen LogP contribution in [0.4, 0.5) is 0 Å². The third-order valence-corrected chi connectivity index (χ3v) is 8.16. The van der Waals surface area contributed by atoms with Crippen LogP contribution in [0.15, 0.2) is 78.0 Å². The molecule has 1 saturated carbocycles. The lowest BCUT2D eigenvalue weighted by atomic mass is 9.92. The predicted octanol–water partition coefficient (Wildman–Crippen LogP) is 5.24. The molecule has 0 bridgehead atoms. The minimum Gasteiger partial charge on any atom is -0.487 e. The number of rotatable bonds is 6. The highest BCUT2D eigenvalue weighted by Gasteiger charge is 2.30. The van der Waals surface area contributed by atoms with Gasteiger partial charge in [0.1, 0.15) is 12.4 Å². The first-order valence-electron chi connectivity index (χ1n) is 11.8. The fourth-order valence-corrected chi connectivity index (χ4v) is 5.89. The van der Waals surface area contributed by atoms with Gasteiger partial charge in [-0.25, -0.2) is 12.9 Å². The van der Waals surface area contributed by atoms with E-state index in [1.165, 1.54) is 17.4 Å². The lowest BCUT2D eigenvalue weighted by Crippen LogP contribution is -2.03. The van der Waals surface area contributed by atoms with E-state index in [1.54, 1.807) is 12.1 Å². The first-order chi connectivity index (χ1) is 17.0. The minimum atomic E-state index is -3.19. The molecule has 5 aromatic rings.